The van der Waals surface area contributed by atoms with Crippen LogP contribution in [0.1, 0.15) is 12.8 Å². The van der Waals surface area contributed by atoms with Gasteiger partial charge in [-0.15, -0.1) is 0 Å². The number of hydrogen-bond acceptors (Lipinski definition) is 10. The molecule has 11 nitrogen and oxygen atoms in total. The highest BCUT2D eigenvalue weighted by molar-refractivity contribution is 9.12. The van der Waals surface area contributed by atoms with Crippen LogP contribution in [0.2, 0.25) is 0 Å². The predicted octanol–water partition coefficient (Wildman–Crippen LogP) is -2.68. The van der Waals surface area contributed by atoms with Crippen LogP contribution < -0.4 is 0 Å². The minimum Gasteiger partial charge on any atom is -0.394 e. The second-order valence-electron chi connectivity index (χ2n) is 6.84. The summed E-state index contributed by atoms with van der Waals surface area (Å²) < 4.78 is 16.5. The quantitative estimate of drug-likeness (QED) is 0.270. The number of hydrogen-bond donors (Lipinski definition) is 5. The van der Waals surface area contributed by atoms with E-state index in [1.807, 2.05) is 0 Å². The second kappa shape index (κ2) is 8.81. The summed E-state index contributed by atoms with van der Waals surface area (Å²) in [7, 11) is 0. The first-order chi connectivity index (χ1) is 13.2. The number of aliphatic hydroxyl groups excluding tert-OH is 5. The number of Topliss-reactive ketones (excluding diaryl/α,β-unsaturated/α-hetero) is 1. The normalized spacial score (nSPS) is 42.1. The molecule has 0 radical (unpaired) electrons. The van der Waals surface area contributed by atoms with E-state index in [-0.39, 0.29) is 29.7 Å². The van der Waals surface area contributed by atoms with Gasteiger partial charge in [0.1, 0.15) is 36.7 Å². The van der Waals surface area contributed by atoms with Crippen molar-refractivity contribution in [2.24, 2.45) is 0 Å². The fourth-order valence-corrected chi connectivity index (χ4v) is 3.61. The molecule has 0 aliphatic carbocycles. The van der Waals surface area contributed by atoms with Gasteiger partial charge < -0.3 is 39.7 Å². The van der Waals surface area contributed by atoms with Gasteiger partial charge in [-0.25, -0.2) is 0 Å². The molecule has 0 aromatic rings. The molecule has 3 aliphatic heterocycles. The molecule has 2 fully saturated rings. The van der Waals surface area contributed by atoms with E-state index in [0.717, 1.165) is 0 Å². The van der Waals surface area contributed by atoms with Crippen LogP contribution >= 0.6 is 15.9 Å². The molecule has 8 atom stereocenters. The Bertz CT molecular complexity index is 643. The third-order valence-corrected chi connectivity index (χ3v) is 5.55. The van der Waals surface area contributed by atoms with Gasteiger partial charge in [-0.3, -0.25) is 14.5 Å². The van der Waals surface area contributed by atoms with Crippen molar-refractivity contribution in [3.05, 3.63) is 10.7 Å². The maximum absolute atomic E-state index is 12.1. The van der Waals surface area contributed by atoms with Gasteiger partial charge in [-0.05, 0) is 15.9 Å². The standard InChI is InChI=1S/C16H22BrNO10/c17-6-3-18(11(22)1-7(6)20)12-2-8(21)10(27-12)5-26-16-15(25)14(24)13(23)9(4-19)28-16/h3,8-10,12-16,19,21,23-25H,1-2,4-5H2/t8-,9-,10-,12-,13-,14+,15-,16-/m1/s1/i17-3. The zero-order valence-corrected chi connectivity index (χ0v) is 16.2. The number of amides is 1. The van der Waals surface area contributed by atoms with Gasteiger partial charge in [-0.2, -0.15) is 0 Å². The lowest BCUT2D eigenvalue weighted by Gasteiger charge is -2.39. The molecular weight excluding hydrogens is 443 g/mol. The van der Waals surface area contributed by atoms with Crippen LogP contribution in [-0.4, -0.2) is 104 Å². The van der Waals surface area contributed by atoms with Crippen molar-refractivity contribution in [3.63, 3.8) is 0 Å². The molecular formula is C16H22BrNO10. The van der Waals surface area contributed by atoms with Crippen molar-refractivity contribution in [1.82, 2.24) is 4.90 Å². The summed E-state index contributed by atoms with van der Waals surface area (Å²) in [5.41, 5.74) is 0. The molecule has 3 rings (SSSR count). The van der Waals surface area contributed by atoms with Crippen LogP contribution in [0.3, 0.4) is 0 Å². The molecule has 2 saturated heterocycles. The Labute approximate surface area is 168 Å². The molecule has 0 aromatic carbocycles. The van der Waals surface area contributed by atoms with E-state index in [1.165, 1.54) is 11.1 Å². The molecule has 0 spiro atoms. The SMILES string of the molecule is O=C1CC(=O)N([C@H]2C[C@@H](O)[C@@H](CO[C@@H]3O[C@H](CO)[C@@H](O)[C@H](O)[C@H]3O)O2)C=C1[77Br]. The lowest BCUT2D eigenvalue weighted by atomic mass is 9.99. The third kappa shape index (κ3) is 4.30. The van der Waals surface area contributed by atoms with Crippen molar-refractivity contribution in [3.8, 4) is 0 Å². The van der Waals surface area contributed by atoms with Crippen molar-refractivity contribution >= 4 is 27.6 Å². The lowest BCUT2D eigenvalue weighted by Crippen LogP contribution is -2.59. The summed E-state index contributed by atoms with van der Waals surface area (Å²) >= 11 is 3.08. The molecule has 5 N–H and O–H groups in total. The number of ketones is 1. The van der Waals surface area contributed by atoms with Crippen LogP contribution in [-0.2, 0) is 23.8 Å². The number of nitrogens with zero attached hydrogens (tertiary/aromatic N) is 1. The first-order valence-corrected chi connectivity index (χ1v) is 9.49. The molecule has 0 aromatic heterocycles. The smallest absolute Gasteiger partial charge is 0.236 e. The number of carbonyl (C=O) groups excluding carboxylic acids is 2. The van der Waals surface area contributed by atoms with Gasteiger partial charge in [0.15, 0.2) is 12.1 Å². The van der Waals surface area contributed by atoms with Crippen LogP contribution in [0.25, 0.3) is 0 Å². The minimum absolute atomic E-state index is 0.0828. The summed E-state index contributed by atoms with van der Waals surface area (Å²) in [5.74, 6) is -0.803. The summed E-state index contributed by atoms with van der Waals surface area (Å²) in [6, 6.07) is 0. The first kappa shape index (κ1) is 21.7. The van der Waals surface area contributed by atoms with Crippen molar-refractivity contribution in [2.45, 2.75) is 62.0 Å². The molecule has 1 amide bonds. The van der Waals surface area contributed by atoms with E-state index in [0.29, 0.717) is 0 Å². The number of rotatable bonds is 5. The predicted molar refractivity (Wildman–Crippen MR) is 92.5 cm³/mol. The Morgan fingerprint density at radius 1 is 1.11 bits per heavy atom. The van der Waals surface area contributed by atoms with Crippen LogP contribution in [0.15, 0.2) is 10.7 Å². The average Bonchev–Trinajstić information content (AvgIpc) is 3.02. The maximum atomic E-state index is 12.1. The monoisotopic (exact) mass is 465 g/mol. The summed E-state index contributed by atoms with van der Waals surface area (Å²) in [5, 5.41) is 48.9. The van der Waals surface area contributed by atoms with E-state index in [1.54, 1.807) is 0 Å². The molecule has 3 heterocycles. The second-order valence-corrected chi connectivity index (χ2v) is 7.70. The van der Waals surface area contributed by atoms with Crippen LogP contribution in [0.5, 0.6) is 0 Å². The zero-order valence-electron chi connectivity index (χ0n) is 14.6. The van der Waals surface area contributed by atoms with Gasteiger partial charge in [0.05, 0.1) is 30.2 Å². The fourth-order valence-electron chi connectivity index (χ4n) is 3.25. The fraction of sp³-hybridized carbons (Fsp3) is 0.750. The van der Waals surface area contributed by atoms with Gasteiger partial charge in [0, 0.05) is 12.6 Å². The maximum Gasteiger partial charge on any atom is 0.236 e. The van der Waals surface area contributed by atoms with E-state index in [9.17, 15) is 35.1 Å². The highest BCUT2D eigenvalue weighted by Gasteiger charge is 2.45. The highest BCUT2D eigenvalue weighted by atomic mass is 76.9. The van der Waals surface area contributed by atoms with Crippen molar-refractivity contribution < 1.29 is 49.3 Å². The Morgan fingerprint density at radius 3 is 2.50 bits per heavy atom. The Kier molecular flexibility index (Phi) is 6.84. The van der Waals surface area contributed by atoms with E-state index in [4.69, 9.17) is 14.2 Å². The Morgan fingerprint density at radius 2 is 1.82 bits per heavy atom. The topological polar surface area (TPSA) is 166 Å². The molecule has 3 aliphatic rings. The van der Waals surface area contributed by atoms with Gasteiger partial charge in [0.25, 0.3) is 0 Å². The largest absolute Gasteiger partial charge is 0.394 e. The minimum atomic E-state index is -1.58. The molecule has 0 saturated carbocycles. The highest BCUT2D eigenvalue weighted by Crippen LogP contribution is 2.29. The van der Waals surface area contributed by atoms with Gasteiger partial charge in [-0.1, -0.05) is 0 Å². The molecule has 0 unspecified atom stereocenters. The number of ether oxygens (including phenoxy) is 3. The summed E-state index contributed by atoms with van der Waals surface area (Å²) in [6.07, 6.45) is -8.69. The van der Waals surface area contributed by atoms with Crippen molar-refractivity contribution in [2.75, 3.05) is 13.2 Å². The zero-order chi connectivity index (χ0) is 20.6. The Balaban J connectivity index is 1.58. The number of allylic oxidation sites excluding steroid dienone is 1. The average molecular weight is 465 g/mol. The molecule has 12 heteroatoms. The number of halogens is 1. The first-order valence-electron chi connectivity index (χ1n) is 8.70. The Hall–Kier alpha value is -0.960. The molecule has 158 valence electrons. The molecule has 0 bridgehead atoms. The van der Waals surface area contributed by atoms with E-state index >= 15 is 0 Å². The number of aliphatic hydroxyl groups is 5. The lowest BCUT2D eigenvalue weighted by molar-refractivity contribution is -0.306. The summed E-state index contributed by atoms with van der Waals surface area (Å²) in [4.78, 5) is 24.8. The van der Waals surface area contributed by atoms with E-state index in [2.05, 4.69) is 15.9 Å². The number of carbonyl (C=O) groups is 2. The van der Waals surface area contributed by atoms with Crippen LogP contribution in [0.4, 0.5) is 0 Å². The molecule has 28 heavy (non-hydrogen) atoms. The van der Waals surface area contributed by atoms with Crippen LogP contribution in [0, 0.1) is 0 Å². The summed E-state index contributed by atoms with van der Waals surface area (Å²) in [6.45, 7) is -0.835. The third-order valence-electron chi connectivity index (χ3n) is 4.91. The van der Waals surface area contributed by atoms with E-state index < -0.39 is 61.7 Å². The van der Waals surface area contributed by atoms with Gasteiger partial charge in [0.2, 0.25) is 5.91 Å². The van der Waals surface area contributed by atoms with Gasteiger partial charge >= 0.3 is 0 Å². The van der Waals surface area contributed by atoms with Crippen molar-refractivity contribution in [1.29, 1.82) is 0 Å².